The lowest BCUT2D eigenvalue weighted by Gasteiger charge is -2.10. The molecule has 3 heterocycles. The molecule has 1 saturated carbocycles. The molecule has 3 N–H and O–H groups in total. The van der Waals surface area contributed by atoms with Gasteiger partial charge >= 0.3 is 0 Å². The van der Waals surface area contributed by atoms with Crippen molar-refractivity contribution in [1.82, 2.24) is 24.9 Å². The van der Waals surface area contributed by atoms with Crippen LogP contribution in [0.5, 0.6) is 0 Å². The lowest BCUT2D eigenvalue weighted by atomic mass is 10.1. The Morgan fingerprint density at radius 2 is 2.00 bits per heavy atom. The topological polar surface area (TPSA) is 113 Å². The van der Waals surface area contributed by atoms with Crippen molar-refractivity contribution in [3.63, 3.8) is 0 Å². The first-order chi connectivity index (χ1) is 14.5. The molecule has 30 heavy (non-hydrogen) atoms. The third kappa shape index (κ3) is 3.71. The van der Waals surface area contributed by atoms with Gasteiger partial charge in [-0.2, -0.15) is 19.6 Å². The van der Waals surface area contributed by atoms with Crippen molar-refractivity contribution in [1.29, 1.82) is 0 Å². The number of nitrogens with one attached hydrogen (secondary N) is 3. The Hall–Kier alpha value is -3.82. The zero-order chi connectivity index (χ0) is 20.7. The number of rotatable bonds is 6. The molecule has 0 atom stereocenters. The summed E-state index contributed by atoms with van der Waals surface area (Å²) in [6.07, 6.45) is 5.37. The van der Waals surface area contributed by atoms with Gasteiger partial charge in [-0.25, -0.2) is 4.39 Å². The van der Waals surface area contributed by atoms with Gasteiger partial charge < -0.3 is 10.6 Å². The van der Waals surface area contributed by atoms with Crippen molar-refractivity contribution in [3.05, 3.63) is 53.0 Å². The number of benzene rings is 1. The number of amides is 2. The van der Waals surface area contributed by atoms with Crippen LogP contribution >= 0.6 is 0 Å². The summed E-state index contributed by atoms with van der Waals surface area (Å²) < 4.78 is 14.7. The molecule has 2 amide bonds. The molecule has 9 nitrogen and oxygen atoms in total. The van der Waals surface area contributed by atoms with Crippen LogP contribution in [-0.2, 0) is 16.1 Å². The van der Waals surface area contributed by atoms with Gasteiger partial charge in [-0.05, 0) is 36.6 Å². The van der Waals surface area contributed by atoms with Crippen LogP contribution < -0.4 is 16.0 Å². The number of hydrogen-bond donors (Lipinski definition) is 3. The highest BCUT2D eigenvalue weighted by molar-refractivity contribution is 6.15. The number of aromatic nitrogens is 4. The maximum atomic E-state index is 13.1. The van der Waals surface area contributed by atoms with Crippen LogP contribution in [-0.4, -0.2) is 37.4 Å². The zero-order valence-electron chi connectivity index (χ0n) is 15.9. The van der Waals surface area contributed by atoms with Gasteiger partial charge in [0.05, 0.1) is 12.6 Å². The van der Waals surface area contributed by atoms with Gasteiger partial charge in [0.15, 0.2) is 5.65 Å². The third-order valence-electron chi connectivity index (χ3n) is 4.90. The van der Waals surface area contributed by atoms with Crippen LogP contribution in [0.4, 0.5) is 16.3 Å². The van der Waals surface area contributed by atoms with E-state index in [1.54, 1.807) is 28.9 Å². The number of fused-ring (bicyclic) bond motifs is 1. The molecular formula is C20H18FN7O2. The maximum absolute atomic E-state index is 13.1. The van der Waals surface area contributed by atoms with Gasteiger partial charge in [0.25, 0.3) is 5.91 Å². The predicted octanol–water partition coefficient (Wildman–Crippen LogP) is 1.88. The smallest absolute Gasteiger partial charge is 0.254 e. The zero-order valence-corrected chi connectivity index (χ0v) is 15.9. The number of imide groups is 1. The largest absolute Gasteiger partial charge is 0.351 e. The molecule has 0 radical (unpaired) electrons. The van der Waals surface area contributed by atoms with Gasteiger partial charge in [-0.3, -0.25) is 14.9 Å². The molecule has 2 fully saturated rings. The lowest BCUT2D eigenvalue weighted by Crippen LogP contribution is -2.19. The quantitative estimate of drug-likeness (QED) is 0.422. The molecule has 1 aromatic carbocycles. The van der Waals surface area contributed by atoms with E-state index < -0.39 is 5.91 Å². The Balaban J connectivity index is 1.49. The summed E-state index contributed by atoms with van der Waals surface area (Å²) in [6.45, 7) is 0.417. The summed E-state index contributed by atoms with van der Waals surface area (Å²) in [4.78, 5) is 32.4. The van der Waals surface area contributed by atoms with Gasteiger partial charge in [0.2, 0.25) is 17.8 Å². The van der Waals surface area contributed by atoms with Crippen LogP contribution in [0.1, 0.15) is 30.4 Å². The van der Waals surface area contributed by atoms with Crippen molar-refractivity contribution in [2.75, 3.05) is 10.6 Å². The molecule has 1 saturated heterocycles. The van der Waals surface area contributed by atoms with E-state index in [4.69, 9.17) is 0 Å². The fraction of sp³-hybridized carbons (Fsp3) is 0.250. The highest BCUT2D eigenvalue weighted by Gasteiger charge is 2.26. The van der Waals surface area contributed by atoms with Gasteiger partial charge in [0, 0.05) is 23.7 Å². The van der Waals surface area contributed by atoms with Crippen LogP contribution in [0.2, 0.25) is 0 Å². The number of halogens is 1. The van der Waals surface area contributed by atoms with Crippen LogP contribution in [0.15, 0.2) is 36.0 Å². The van der Waals surface area contributed by atoms with E-state index in [0.29, 0.717) is 41.3 Å². The molecule has 3 aromatic rings. The second-order valence-corrected chi connectivity index (χ2v) is 7.33. The van der Waals surface area contributed by atoms with E-state index in [9.17, 15) is 14.0 Å². The summed E-state index contributed by atoms with van der Waals surface area (Å²) in [5, 5.41) is 13.1. The summed E-state index contributed by atoms with van der Waals surface area (Å²) in [6, 6.07) is 6.52. The summed E-state index contributed by atoms with van der Waals surface area (Å²) in [7, 11) is 0. The van der Waals surface area contributed by atoms with Crippen molar-refractivity contribution >= 4 is 35.4 Å². The predicted molar refractivity (Wildman–Crippen MR) is 107 cm³/mol. The fourth-order valence-electron chi connectivity index (χ4n) is 3.17. The Labute approximate surface area is 170 Å². The number of carbonyl (C=O) groups is 2. The molecule has 2 aliphatic rings. The second-order valence-electron chi connectivity index (χ2n) is 7.33. The molecule has 2 aromatic heterocycles. The molecule has 152 valence electrons. The number of anilines is 2. The van der Waals surface area contributed by atoms with Gasteiger partial charge in [0.1, 0.15) is 5.82 Å². The molecule has 0 spiro atoms. The van der Waals surface area contributed by atoms with Gasteiger partial charge in [-0.1, -0.05) is 12.1 Å². The molecule has 0 unspecified atom stereocenters. The molecular weight excluding hydrogens is 389 g/mol. The average Bonchev–Trinajstić information content (AvgIpc) is 3.36. The minimum absolute atomic E-state index is 0.0319. The monoisotopic (exact) mass is 407 g/mol. The minimum Gasteiger partial charge on any atom is -0.351 e. The Bertz CT molecular complexity index is 1180. The van der Waals surface area contributed by atoms with E-state index >= 15 is 0 Å². The highest BCUT2D eigenvalue weighted by Crippen LogP contribution is 2.26. The van der Waals surface area contributed by atoms with Crippen LogP contribution in [0.3, 0.4) is 0 Å². The Morgan fingerprint density at radius 1 is 1.20 bits per heavy atom. The standard InChI is InChI=1S/C20H18FN7O2/c21-14-3-1-11(2-4-14)9-22-19-26-17-13(7-12-8-16(29)25-18(12)30)10-23-28(17)20(27-19)24-15-5-6-15/h1-4,7,10,15H,5-6,8-9H2,(H,25,29,30)(H2,22,24,26,27)/b12-7+. The van der Waals surface area contributed by atoms with Crippen molar-refractivity contribution in [3.8, 4) is 0 Å². The van der Waals surface area contributed by atoms with E-state index in [-0.39, 0.29) is 18.1 Å². The molecule has 10 heteroatoms. The molecule has 0 bridgehead atoms. The van der Waals surface area contributed by atoms with E-state index in [1.165, 1.54) is 12.1 Å². The maximum Gasteiger partial charge on any atom is 0.254 e. The number of hydrogen-bond acceptors (Lipinski definition) is 7. The number of nitrogens with zero attached hydrogens (tertiary/aromatic N) is 4. The Morgan fingerprint density at radius 3 is 2.70 bits per heavy atom. The first kappa shape index (κ1) is 18.2. The highest BCUT2D eigenvalue weighted by atomic mass is 19.1. The third-order valence-corrected chi connectivity index (χ3v) is 4.90. The summed E-state index contributed by atoms with van der Waals surface area (Å²) in [5.74, 6) is -0.101. The van der Waals surface area contributed by atoms with E-state index in [1.807, 2.05) is 0 Å². The number of carbonyl (C=O) groups excluding carboxylic acids is 2. The first-order valence-corrected chi connectivity index (χ1v) is 9.60. The first-order valence-electron chi connectivity index (χ1n) is 9.60. The van der Waals surface area contributed by atoms with Crippen molar-refractivity contribution < 1.29 is 14.0 Å². The van der Waals surface area contributed by atoms with E-state index in [0.717, 1.165) is 18.4 Å². The van der Waals surface area contributed by atoms with Crippen molar-refractivity contribution in [2.45, 2.75) is 31.8 Å². The molecule has 1 aliphatic heterocycles. The van der Waals surface area contributed by atoms with E-state index in [2.05, 4.69) is 31.0 Å². The van der Waals surface area contributed by atoms with Crippen LogP contribution in [0, 0.1) is 5.82 Å². The summed E-state index contributed by atoms with van der Waals surface area (Å²) in [5.41, 5.74) is 2.37. The summed E-state index contributed by atoms with van der Waals surface area (Å²) >= 11 is 0. The van der Waals surface area contributed by atoms with Crippen LogP contribution in [0.25, 0.3) is 11.7 Å². The molecule has 1 aliphatic carbocycles. The minimum atomic E-state index is -0.403. The average molecular weight is 407 g/mol. The molecule has 5 rings (SSSR count). The van der Waals surface area contributed by atoms with Gasteiger partial charge in [-0.15, -0.1) is 0 Å². The Kier molecular flexibility index (Phi) is 4.38. The normalized spacial score (nSPS) is 17.6. The lowest BCUT2D eigenvalue weighted by molar-refractivity contribution is -0.124. The van der Waals surface area contributed by atoms with Crippen molar-refractivity contribution in [2.24, 2.45) is 0 Å². The fourth-order valence-corrected chi connectivity index (χ4v) is 3.17. The second kappa shape index (κ2) is 7.21. The SMILES string of the molecule is O=C1C/C(=C\c2cnn3c(NC4CC4)nc(NCc4ccc(F)cc4)nc23)C(=O)N1.